The number of anilines is 1. The van der Waals surface area contributed by atoms with Crippen LogP contribution >= 0.6 is 23.4 Å². The van der Waals surface area contributed by atoms with E-state index in [0.717, 1.165) is 34.5 Å². The third-order valence-corrected chi connectivity index (χ3v) is 6.58. The molecule has 1 aliphatic rings. The van der Waals surface area contributed by atoms with Gasteiger partial charge < -0.3 is 9.80 Å². The van der Waals surface area contributed by atoms with Gasteiger partial charge in [-0.1, -0.05) is 23.4 Å². The molecular weight excluding hydrogens is 419 g/mol. The molecule has 0 bridgehead atoms. The molecule has 1 saturated heterocycles. The molecule has 0 saturated carbocycles. The first-order valence-corrected chi connectivity index (χ1v) is 11.6. The zero-order valence-electron chi connectivity index (χ0n) is 17.1. The minimum absolute atomic E-state index is 0.227. The first-order chi connectivity index (χ1) is 14.6. The standard InChI is InChI=1S/C23H26ClFN4S/c1-27(20-10-6-19(25)7-11-20)17-22-16-26-23(30-15-14-28-12-2-3-13-28)29(22)21-8-4-18(24)5-9-21/h4-11,16H,2-3,12-15,17H2,1H3. The Morgan fingerprint density at radius 2 is 1.77 bits per heavy atom. The van der Waals surface area contributed by atoms with Gasteiger partial charge in [0.2, 0.25) is 0 Å². The van der Waals surface area contributed by atoms with Crippen molar-refractivity contribution in [2.45, 2.75) is 24.5 Å². The summed E-state index contributed by atoms with van der Waals surface area (Å²) < 4.78 is 15.5. The maximum atomic E-state index is 13.3. The maximum Gasteiger partial charge on any atom is 0.172 e. The van der Waals surface area contributed by atoms with Crippen LogP contribution in [0.2, 0.25) is 5.02 Å². The molecule has 1 aliphatic heterocycles. The Morgan fingerprint density at radius 3 is 2.47 bits per heavy atom. The molecule has 0 atom stereocenters. The molecule has 3 aromatic rings. The van der Waals surface area contributed by atoms with Gasteiger partial charge in [0.1, 0.15) is 5.82 Å². The average Bonchev–Trinajstić information content (AvgIpc) is 3.40. The fourth-order valence-electron chi connectivity index (χ4n) is 3.75. The molecule has 0 radical (unpaired) electrons. The van der Waals surface area contributed by atoms with Crippen LogP contribution in [-0.2, 0) is 6.54 Å². The Hall–Kier alpha value is -2.02. The number of benzene rings is 2. The van der Waals surface area contributed by atoms with Crippen molar-refractivity contribution in [3.63, 3.8) is 0 Å². The predicted molar refractivity (Wildman–Crippen MR) is 123 cm³/mol. The quantitative estimate of drug-likeness (QED) is 0.429. The van der Waals surface area contributed by atoms with E-state index in [2.05, 4.69) is 14.4 Å². The molecule has 7 heteroatoms. The van der Waals surface area contributed by atoms with Gasteiger partial charge in [0.15, 0.2) is 5.16 Å². The van der Waals surface area contributed by atoms with Crippen LogP contribution < -0.4 is 4.90 Å². The van der Waals surface area contributed by atoms with Crippen molar-refractivity contribution in [3.8, 4) is 5.69 Å². The minimum atomic E-state index is -0.227. The Kier molecular flexibility index (Phi) is 6.97. The number of halogens is 2. The molecule has 2 heterocycles. The molecule has 1 fully saturated rings. The highest BCUT2D eigenvalue weighted by Gasteiger charge is 2.16. The smallest absolute Gasteiger partial charge is 0.172 e. The van der Waals surface area contributed by atoms with Gasteiger partial charge in [0, 0.05) is 35.7 Å². The van der Waals surface area contributed by atoms with Crippen molar-refractivity contribution in [2.24, 2.45) is 0 Å². The van der Waals surface area contributed by atoms with E-state index >= 15 is 0 Å². The molecule has 0 spiro atoms. The second kappa shape index (κ2) is 9.86. The second-order valence-electron chi connectivity index (χ2n) is 7.57. The molecule has 2 aromatic carbocycles. The van der Waals surface area contributed by atoms with Crippen LogP contribution in [-0.4, -0.2) is 46.9 Å². The normalized spacial score (nSPS) is 14.4. The fourth-order valence-corrected chi connectivity index (χ4v) is 4.89. The molecule has 0 aliphatic carbocycles. The van der Waals surface area contributed by atoms with E-state index in [4.69, 9.17) is 16.6 Å². The zero-order valence-corrected chi connectivity index (χ0v) is 18.7. The summed E-state index contributed by atoms with van der Waals surface area (Å²) in [6, 6.07) is 14.4. The third kappa shape index (κ3) is 5.17. The molecule has 0 unspecified atom stereocenters. The van der Waals surface area contributed by atoms with Crippen LogP contribution in [0.5, 0.6) is 0 Å². The summed E-state index contributed by atoms with van der Waals surface area (Å²) in [5.41, 5.74) is 3.08. The number of hydrogen-bond donors (Lipinski definition) is 0. The number of hydrogen-bond acceptors (Lipinski definition) is 4. The van der Waals surface area contributed by atoms with Crippen LogP contribution in [0.3, 0.4) is 0 Å². The van der Waals surface area contributed by atoms with Crippen LogP contribution in [0.25, 0.3) is 5.69 Å². The molecule has 30 heavy (non-hydrogen) atoms. The molecule has 0 amide bonds. The minimum Gasteiger partial charge on any atom is -0.369 e. The molecule has 0 N–H and O–H groups in total. The van der Waals surface area contributed by atoms with E-state index in [-0.39, 0.29) is 5.82 Å². The summed E-state index contributed by atoms with van der Waals surface area (Å²) in [7, 11) is 2.01. The number of likely N-dealkylation sites (tertiary alicyclic amines) is 1. The Balaban J connectivity index is 1.55. The van der Waals surface area contributed by atoms with Crippen molar-refractivity contribution in [1.82, 2.24) is 14.5 Å². The fraction of sp³-hybridized carbons (Fsp3) is 0.348. The first kappa shape index (κ1) is 21.2. The highest BCUT2D eigenvalue weighted by atomic mass is 35.5. The van der Waals surface area contributed by atoms with E-state index < -0.39 is 0 Å². The van der Waals surface area contributed by atoms with Crippen LogP contribution in [0.4, 0.5) is 10.1 Å². The van der Waals surface area contributed by atoms with Crippen molar-refractivity contribution in [2.75, 3.05) is 37.3 Å². The predicted octanol–water partition coefficient (Wildman–Crippen LogP) is 5.49. The third-order valence-electron chi connectivity index (χ3n) is 5.39. The van der Waals surface area contributed by atoms with E-state index in [1.807, 2.05) is 37.5 Å². The summed E-state index contributed by atoms with van der Waals surface area (Å²) in [5, 5.41) is 1.70. The van der Waals surface area contributed by atoms with E-state index in [9.17, 15) is 4.39 Å². The lowest BCUT2D eigenvalue weighted by atomic mass is 10.2. The van der Waals surface area contributed by atoms with Gasteiger partial charge in [-0.2, -0.15) is 0 Å². The summed E-state index contributed by atoms with van der Waals surface area (Å²) in [6.07, 6.45) is 4.56. The lowest BCUT2D eigenvalue weighted by Gasteiger charge is -2.21. The SMILES string of the molecule is CN(Cc1cnc(SCCN2CCCC2)n1-c1ccc(Cl)cc1)c1ccc(F)cc1. The Labute approximate surface area is 186 Å². The number of rotatable bonds is 8. The Morgan fingerprint density at radius 1 is 1.07 bits per heavy atom. The van der Waals surface area contributed by atoms with Crippen molar-refractivity contribution in [3.05, 3.63) is 71.3 Å². The topological polar surface area (TPSA) is 24.3 Å². The van der Waals surface area contributed by atoms with E-state index in [0.29, 0.717) is 11.6 Å². The molecule has 4 rings (SSSR count). The van der Waals surface area contributed by atoms with Gasteiger partial charge in [-0.05, 0) is 74.5 Å². The summed E-state index contributed by atoms with van der Waals surface area (Å²) in [5.74, 6) is 0.785. The second-order valence-corrected chi connectivity index (χ2v) is 9.07. The van der Waals surface area contributed by atoms with Crippen LogP contribution in [0.15, 0.2) is 59.9 Å². The van der Waals surface area contributed by atoms with Crippen LogP contribution in [0.1, 0.15) is 18.5 Å². The maximum absolute atomic E-state index is 13.3. The van der Waals surface area contributed by atoms with Gasteiger partial charge >= 0.3 is 0 Å². The summed E-state index contributed by atoms with van der Waals surface area (Å²) >= 11 is 7.90. The number of imidazole rings is 1. The zero-order chi connectivity index (χ0) is 20.9. The number of aromatic nitrogens is 2. The lowest BCUT2D eigenvalue weighted by Crippen LogP contribution is -2.22. The lowest BCUT2D eigenvalue weighted by molar-refractivity contribution is 0.362. The highest BCUT2D eigenvalue weighted by molar-refractivity contribution is 7.99. The summed E-state index contributed by atoms with van der Waals surface area (Å²) in [6.45, 7) is 4.16. The molecular formula is C23H26ClFN4S. The first-order valence-electron chi connectivity index (χ1n) is 10.2. The number of thioether (sulfide) groups is 1. The van der Waals surface area contributed by atoms with Gasteiger partial charge in [-0.15, -0.1) is 0 Å². The monoisotopic (exact) mass is 444 g/mol. The van der Waals surface area contributed by atoms with Gasteiger partial charge in [0.05, 0.1) is 18.4 Å². The van der Waals surface area contributed by atoms with Gasteiger partial charge in [-0.3, -0.25) is 4.57 Å². The largest absolute Gasteiger partial charge is 0.369 e. The molecule has 4 nitrogen and oxygen atoms in total. The van der Waals surface area contributed by atoms with Crippen molar-refractivity contribution in [1.29, 1.82) is 0 Å². The van der Waals surface area contributed by atoms with E-state index in [1.165, 1.54) is 38.1 Å². The summed E-state index contributed by atoms with van der Waals surface area (Å²) in [4.78, 5) is 9.35. The highest BCUT2D eigenvalue weighted by Crippen LogP contribution is 2.26. The Bertz CT molecular complexity index is 952. The molecule has 158 valence electrons. The molecule has 1 aromatic heterocycles. The van der Waals surface area contributed by atoms with Gasteiger partial charge in [0.25, 0.3) is 0 Å². The van der Waals surface area contributed by atoms with Crippen molar-refractivity contribution >= 4 is 29.1 Å². The average molecular weight is 445 g/mol. The van der Waals surface area contributed by atoms with Crippen LogP contribution in [0, 0.1) is 5.82 Å². The number of nitrogens with zero attached hydrogens (tertiary/aromatic N) is 4. The van der Waals surface area contributed by atoms with Crippen molar-refractivity contribution < 1.29 is 4.39 Å². The van der Waals surface area contributed by atoms with E-state index in [1.54, 1.807) is 23.9 Å². The van der Waals surface area contributed by atoms with Gasteiger partial charge in [-0.25, -0.2) is 9.37 Å².